The topological polar surface area (TPSA) is 53.8 Å². The quantitative estimate of drug-likeness (QED) is 0.465. The molecule has 24 heavy (non-hydrogen) atoms. The monoisotopic (exact) mass is 326 g/mol. The van der Waals surface area contributed by atoms with E-state index < -0.39 is 6.29 Å². The zero-order valence-electron chi connectivity index (χ0n) is 14.5. The standard InChI is InChI=1S/C20H26N2O2/c1-3-11-21-12-10-20(23)24-22-19-9-8-17-16-6-4-14(2)13-15(16)5-7-18(17)19/h4-7,13,20-21,23H,3,8-12H2,1-2H3/b22-19+. The van der Waals surface area contributed by atoms with Crippen LogP contribution < -0.4 is 5.32 Å². The number of nitrogens with zero attached hydrogens (tertiary/aromatic N) is 1. The van der Waals surface area contributed by atoms with Crippen LogP contribution in [-0.4, -0.2) is 30.2 Å². The van der Waals surface area contributed by atoms with Crippen molar-refractivity contribution in [1.82, 2.24) is 5.32 Å². The summed E-state index contributed by atoms with van der Waals surface area (Å²) in [6.45, 7) is 5.93. The molecule has 4 heteroatoms. The van der Waals surface area contributed by atoms with Crippen molar-refractivity contribution in [2.45, 2.75) is 45.8 Å². The third-order valence-electron chi connectivity index (χ3n) is 4.49. The first kappa shape index (κ1) is 16.9. The second-order valence-electron chi connectivity index (χ2n) is 6.45. The molecule has 1 unspecified atom stereocenters. The Balaban J connectivity index is 1.69. The molecule has 0 amide bonds. The Morgan fingerprint density at radius 2 is 2.08 bits per heavy atom. The average Bonchev–Trinajstić information content (AvgIpc) is 3.00. The minimum atomic E-state index is -0.853. The van der Waals surface area contributed by atoms with E-state index in [9.17, 15) is 5.11 Å². The number of aryl methyl sites for hydroxylation is 2. The lowest BCUT2D eigenvalue weighted by Crippen LogP contribution is -2.22. The van der Waals surface area contributed by atoms with Crippen molar-refractivity contribution in [3.63, 3.8) is 0 Å². The maximum atomic E-state index is 9.89. The van der Waals surface area contributed by atoms with Crippen molar-refractivity contribution in [2.24, 2.45) is 5.16 Å². The van der Waals surface area contributed by atoms with Gasteiger partial charge in [-0.1, -0.05) is 48.0 Å². The second-order valence-corrected chi connectivity index (χ2v) is 6.45. The first-order valence-electron chi connectivity index (χ1n) is 8.83. The van der Waals surface area contributed by atoms with Gasteiger partial charge in [0.15, 0.2) is 0 Å². The predicted molar refractivity (Wildman–Crippen MR) is 98.4 cm³/mol. The molecule has 2 aromatic rings. The van der Waals surface area contributed by atoms with E-state index in [0.29, 0.717) is 6.42 Å². The van der Waals surface area contributed by atoms with Gasteiger partial charge in [0.05, 0.1) is 5.71 Å². The third-order valence-corrected chi connectivity index (χ3v) is 4.49. The first-order chi connectivity index (χ1) is 11.7. The van der Waals surface area contributed by atoms with Gasteiger partial charge in [0.1, 0.15) is 0 Å². The third kappa shape index (κ3) is 3.77. The lowest BCUT2D eigenvalue weighted by atomic mass is 9.99. The molecule has 0 aliphatic heterocycles. The Bertz CT molecular complexity index is 740. The highest BCUT2D eigenvalue weighted by molar-refractivity contribution is 6.08. The molecule has 4 nitrogen and oxygen atoms in total. The number of nitrogens with one attached hydrogen (secondary N) is 1. The zero-order valence-corrected chi connectivity index (χ0v) is 14.5. The molecule has 0 aromatic heterocycles. The fourth-order valence-electron chi connectivity index (χ4n) is 3.23. The Morgan fingerprint density at radius 3 is 2.92 bits per heavy atom. The Labute approximate surface area is 143 Å². The van der Waals surface area contributed by atoms with Gasteiger partial charge in [0.25, 0.3) is 0 Å². The van der Waals surface area contributed by atoms with E-state index in [2.05, 4.69) is 54.7 Å². The van der Waals surface area contributed by atoms with Gasteiger partial charge in [-0.25, -0.2) is 0 Å². The molecule has 3 rings (SSSR count). The zero-order chi connectivity index (χ0) is 16.9. The van der Waals surface area contributed by atoms with Crippen LogP contribution in [0, 0.1) is 6.92 Å². The van der Waals surface area contributed by atoms with Crippen molar-refractivity contribution in [2.75, 3.05) is 13.1 Å². The summed E-state index contributed by atoms with van der Waals surface area (Å²) in [4.78, 5) is 5.30. The Kier molecular flexibility index (Phi) is 5.48. The largest absolute Gasteiger partial charge is 0.364 e. The van der Waals surface area contributed by atoms with E-state index in [4.69, 9.17) is 4.84 Å². The molecule has 0 heterocycles. The molecule has 1 atom stereocenters. The van der Waals surface area contributed by atoms with E-state index in [1.54, 1.807) is 0 Å². The number of fused-ring (bicyclic) bond motifs is 3. The van der Waals surface area contributed by atoms with E-state index in [0.717, 1.165) is 43.6 Å². The van der Waals surface area contributed by atoms with Crippen LogP contribution in [0.1, 0.15) is 42.9 Å². The SMILES string of the molecule is CCCNCCC(O)O/N=C1\CCc2c1ccc1cc(C)ccc21. The maximum absolute atomic E-state index is 9.89. The van der Waals surface area contributed by atoms with Crippen molar-refractivity contribution in [3.8, 4) is 0 Å². The number of aliphatic hydroxyl groups is 1. The average molecular weight is 326 g/mol. The van der Waals surface area contributed by atoms with E-state index in [-0.39, 0.29) is 0 Å². The van der Waals surface area contributed by atoms with Crippen LogP contribution in [0.4, 0.5) is 0 Å². The second kappa shape index (κ2) is 7.77. The molecule has 0 bridgehead atoms. The molecule has 1 aliphatic carbocycles. The lowest BCUT2D eigenvalue weighted by Gasteiger charge is -2.10. The Morgan fingerprint density at radius 1 is 1.21 bits per heavy atom. The molecule has 0 fully saturated rings. The van der Waals surface area contributed by atoms with Crippen molar-refractivity contribution in [3.05, 3.63) is 47.0 Å². The molecule has 0 spiro atoms. The summed E-state index contributed by atoms with van der Waals surface area (Å²) in [7, 11) is 0. The summed E-state index contributed by atoms with van der Waals surface area (Å²) < 4.78 is 0. The summed E-state index contributed by atoms with van der Waals surface area (Å²) in [5.74, 6) is 0. The van der Waals surface area contributed by atoms with Gasteiger partial charge in [0.2, 0.25) is 6.29 Å². The molecule has 0 saturated heterocycles. The molecule has 0 saturated carbocycles. The minimum Gasteiger partial charge on any atom is -0.364 e. The molecule has 128 valence electrons. The first-order valence-corrected chi connectivity index (χ1v) is 8.83. The molecule has 2 N–H and O–H groups in total. The number of aliphatic hydroxyl groups excluding tert-OH is 1. The Hall–Kier alpha value is -1.91. The van der Waals surface area contributed by atoms with Gasteiger partial charge in [0, 0.05) is 18.5 Å². The summed E-state index contributed by atoms with van der Waals surface area (Å²) in [5, 5.41) is 19.9. The van der Waals surface area contributed by atoms with Crippen molar-refractivity contribution >= 4 is 16.5 Å². The summed E-state index contributed by atoms with van der Waals surface area (Å²) in [6.07, 6.45) is 2.62. The van der Waals surface area contributed by atoms with Crippen molar-refractivity contribution < 1.29 is 9.94 Å². The van der Waals surface area contributed by atoms with Crippen LogP contribution >= 0.6 is 0 Å². The van der Waals surface area contributed by atoms with Gasteiger partial charge >= 0.3 is 0 Å². The van der Waals surface area contributed by atoms with Crippen LogP contribution in [0.3, 0.4) is 0 Å². The molecule has 2 aromatic carbocycles. The summed E-state index contributed by atoms with van der Waals surface area (Å²) in [6, 6.07) is 10.8. The number of hydrogen-bond donors (Lipinski definition) is 2. The predicted octanol–water partition coefficient (Wildman–Crippen LogP) is 3.52. The molecule has 1 aliphatic rings. The van der Waals surface area contributed by atoms with Crippen LogP contribution in [0.2, 0.25) is 0 Å². The lowest BCUT2D eigenvalue weighted by molar-refractivity contribution is -0.101. The van der Waals surface area contributed by atoms with Crippen LogP contribution in [0.5, 0.6) is 0 Å². The smallest absolute Gasteiger partial charge is 0.225 e. The van der Waals surface area contributed by atoms with E-state index in [1.807, 2.05) is 0 Å². The van der Waals surface area contributed by atoms with Crippen LogP contribution in [0.15, 0.2) is 35.5 Å². The van der Waals surface area contributed by atoms with Gasteiger partial charge in [-0.05, 0) is 49.1 Å². The highest BCUT2D eigenvalue weighted by atomic mass is 16.7. The van der Waals surface area contributed by atoms with E-state index >= 15 is 0 Å². The molecular weight excluding hydrogens is 300 g/mol. The number of rotatable bonds is 7. The van der Waals surface area contributed by atoms with Gasteiger partial charge in [-0.2, -0.15) is 0 Å². The molecule has 0 radical (unpaired) electrons. The summed E-state index contributed by atoms with van der Waals surface area (Å²) >= 11 is 0. The van der Waals surface area contributed by atoms with Crippen LogP contribution in [0.25, 0.3) is 10.8 Å². The van der Waals surface area contributed by atoms with Gasteiger partial charge in [-0.3, -0.25) is 0 Å². The summed E-state index contributed by atoms with van der Waals surface area (Å²) in [5.41, 5.74) is 4.71. The number of oxime groups is 1. The fourth-order valence-corrected chi connectivity index (χ4v) is 3.23. The fraction of sp³-hybridized carbons (Fsp3) is 0.450. The highest BCUT2D eigenvalue weighted by Gasteiger charge is 2.21. The van der Waals surface area contributed by atoms with Gasteiger partial charge in [-0.15, -0.1) is 0 Å². The molecular formula is C20H26N2O2. The maximum Gasteiger partial charge on any atom is 0.225 e. The van der Waals surface area contributed by atoms with E-state index in [1.165, 1.54) is 21.9 Å². The highest BCUT2D eigenvalue weighted by Crippen LogP contribution is 2.31. The minimum absolute atomic E-state index is 0.542. The number of hydrogen-bond acceptors (Lipinski definition) is 4. The normalized spacial score (nSPS) is 16.5. The van der Waals surface area contributed by atoms with Crippen LogP contribution in [-0.2, 0) is 11.3 Å². The number of benzene rings is 2. The van der Waals surface area contributed by atoms with Crippen molar-refractivity contribution in [1.29, 1.82) is 0 Å². The van der Waals surface area contributed by atoms with Gasteiger partial charge < -0.3 is 15.3 Å².